The summed E-state index contributed by atoms with van der Waals surface area (Å²) in [7, 11) is 0. The maximum Gasteiger partial charge on any atom is 0.319 e. The maximum atomic E-state index is 12.3. The van der Waals surface area contributed by atoms with E-state index >= 15 is 0 Å². The summed E-state index contributed by atoms with van der Waals surface area (Å²) in [5.41, 5.74) is 3.32. The molecule has 146 valence electrons. The summed E-state index contributed by atoms with van der Waals surface area (Å²) in [5, 5.41) is 20.9. The van der Waals surface area contributed by atoms with Crippen LogP contribution >= 0.6 is 0 Å². The number of fused-ring (bicyclic) bond motifs is 1. The van der Waals surface area contributed by atoms with Crippen LogP contribution in [0.2, 0.25) is 0 Å². The van der Waals surface area contributed by atoms with E-state index in [1.165, 1.54) is 0 Å². The monoisotopic (exact) mass is 381 g/mol. The average molecular weight is 381 g/mol. The number of urea groups is 1. The van der Waals surface area contributed by atoms with E-state index in [0.29, 0.717) is 31.9 Å². The number of hydrogen-bond acceptors (Lipinski definition) is 5. The number of rotatable bonds is 4. The summed E-state index contributed by atoms with van der Waals surface area (Å²) >= 11 is 0. The maximum absolute atomic E-state index is 12.3. The third-order valence-electron chi connectivity index (χ3n) is 4.84. The van der Waals surface area contributed by atoms with E-state index in [4.69, 9.17) is 4.74 Å². The Morgan fingerprint density at radius 2 is 2.18 bits per heavy atom. The van der Waals surface area contributed by atoms with Gasteiger partial charge in [0, 0.05) is 12.0 Å². The molecule has 1 saturated heterocycles. The third-order valence-corrected chi connectivity index (χ3v) is 4.84. The molecule has 0 saturated carbocycles. The molecule has 1 aliphatic heterocycles. The summed E-state index contributed by atoms with van der Waals surface area (Å²) in [4.78, 5) is 16.8. The molecule has 0 spiro atoms. The van der Waals surface area contributed by atoms with Crippen molar-refractivity contribution >= 4 is 22.8 Å². The van der Waals surface area contributed by atoms with Gasteiger partial charge in [0.25, 0.3) is 0 Å². The van der Waals surface area contributed by atoms with Gasteiger partial charge in [-0.05, 0) is 25.0 Å². The minimum atomic E-state index is -0.599. The smallest absolute Gasteiger partial charge is 0.319 e. The van der Waals surface area contributed by atoms with Crippen LogP contribution in [-0.4, -0.2) is 51.3 Å². The molecule has 4 rings (SSSR count). The van der Waals surface area contributed by atoms with Gasteiger partial charge in [-0.3, -0.25) is 0 Å². The molecule has 8 nitrogen and oxygen atoms in total. The van der Waals surface area contributed by atoms with E-state index in [1.54, 1.807) is 6.20 Å². The van der Waals surface area contributed by atoms with Gasteiger partial charge < -0.3 is 20.5 Å². The van der Waals surface area contributed by atoms with E-state index in [1.807, 2.05) is 48.0 Å². The van der Waals surface area contributed by atoms with E-state index in [0.717, 1.165) is 22.3 Å². The van der Waals surface area contributed by atoms with E-state index in [9.17, 15) is 9.90 Å². The summed E-state index contributed by atoms with van der Waals surface area (Å²) < 4.78 is 7.16. The number of aryl methyl sites for hydroxylation is 1. The Hall–Kier alpha value is -2.97. The number of carbonyl (C=O) groups excluding carboxylic acids is 1. The standard InChI is InChI=1S/C20H23N5O3/c1-13-16-9-15(22-20(27)23-17-12-28-8-7-18(17)26)10-21-19(16)25(24-13)11-14-5-3-2-4-6-14/h2-6,9-10,17-18,26H,7-8,11-12H2,1H3,(H2,22,23,27)/t17-,18-/m1/s1. The molecular weight excluding hydrogens is 358 g/mol. The summed E-state index contributed by atoms with van der Waals surface area (Å²) in [5.74, 6) is 0. The largest absolute Gasteiger partial charge is 0.391 e. The summed E-state index contributed by atoms with van der Waals surface area (Å²) in [6, 6.07) is 11.1. The number of anilines is 1. The molecule has 3 heterocycles. The molecular formula is C20H23N5O3. The van der Waals surface area contributed by atoms with Crippen LogP contribution in [0, 0.1) is 6.92 Å². The minimum Gasteiger partial charge on any atom is -0.391 e. The predicted molar refractivity (Wildman–Crippen MR) is 105 cm³/mol. The van der Waals surface area contributed by atoms with Crippen molar-refractivity contribution in [3.8, 4) is 0 Å². The van der Waals surface area contributed by atoms with Crippen molar-refractivity contribution in [2.24, 2.45) is 0 Å². The van der Waals surface area contributed by atoms with Gasteiger partial charge in [-0.2, -0.15) is 5.10 Å². The number of nitrogens with zero attached hydrogens (tertiary/aromatic N) is 3. The molecule has 28 heavy (non-hydrogen) atoms. The normalized spacial score (nSPS) is 19.5. The number of amides is 2. The Labute approximate surface area is 162 Å². The zero-order valence-electron chi connectivity index (χ0n) is 15.6. The van der Waals surface area contributed by atoms with Crippen molar-refractivity contribution in [2.45, 2.75) is 32.0 Å². The van der Waals surface area contributed by atoms with Crippen molar-refractivity contribution in [3.05, 3.63) is 53.9 Å². The lowest BCUT2D eigenvalue weighted by Gasteiger charge is -2.28. The Morgan fingerprint density at radius 1 is 1.36 bits per heavy atom. The van der Waals surface area contributed by atoms with Crippen LogP contribution in [0.3, 0.4) is 0 Å². The van der Waals surface area contributed by atoms with Crippen LogP contribution in [0.25, 0.3) is 11.0 Å². The lowest BCUT2D eigenvalue weighted by Crippen LogP contribution is -2.50. The Bertz CT molecular complexity index is 973. The van der Waals surface area contributed by atoms with Gasteiger partial charge in [-0.15, -0.1) is 0 Å². The molecule has 0 unspecified atom stereocenters. The summed E-state index contributed by atoms with van der Waals surface area (Å²) in [6.45, 7) is 3.36. The molecule has 3 N–H and O–H groups in total. The number of aliphatic hydroxyl groups excluding tert-OH is 1. The number of nitrogens with one attached hydrogen (secondary N) is 2. The van der Waals surface area contributed by atoms with Crippen LogP contribution in [0.1, 0.15) is 17.7 Å². The fourth-order valence-corrected chi connectivity index (χ4v) is 3.35. The zero-order chi connectivity index (χ0) is 19.5. The molecule has 2 atom stereocenters. The third kappa shape index (κ3) is 3.97. The van der Waals surface area contributed by atoms with Gasteiger partial charge in [0.05, 0.1) is 42.9 Å². The molecule has 0 bridgehead atoms. The van der Waals surface area contributed by atoms with Crippen molar-refractivity contribution in [1.29, 1.82) is 0 Å². The first-order chi connectivity index (χ1) is 13.6. The highest BCUT2D eigenvalue weighted by Crippen LogP contribution is 2.21. The Balaban J connectivity index is 1.48. The fraction of sp³-hybridized carbons (Fsp3) is 0.350. The number of carbonyl (C=O) groups is 1. The van der Waals surface area contributed by atoms with Gasteiger partial charge in [0.1, 0.15) is 0 Å². The van der Waals surface area contributed by atoms with E-state index in [-0.39, 0.29) is 0 Å². The molecule has 1 fully saturated rings. The van der Waals surface area contributed by atoms with E-state index in [2.05, 4.69) is 20.7 Å². The van der Waals surface area contributed by atoms with Gasteiger partial charge in [0.2, 0.25) is 0 Å². The van der Waals surface area contributed by atoms with E-state index < -0.39 is 18.2 Å². The fourth-order valence-electron chi connectivity index (χ4n) is 3.35. The second-order valence-electron chi connectivity index (χ2n) is 6.96. The SMILES string of the molecule is Cc1nn(Cc2ccccc2)c2ncc(NC(=O)N[C@@H]3COCC[C@H]3O)cc12. The zero-order valence-corrected chi connectivity index (χ0v) is 15.6. The Morgan fingerprint density at radius 3 is 2.96 bits per heavy atom. The second kappa shape index (κ2) is 7.95. The van der Waals surface area contributed by atoms with Crippen molar-refractivity contribution < 1.29 is 14.6 Å². The first kappa shape index (κ1) is 18.4. The van der Waals surface area contributed by atoms with Crippen LogP contribution in [-0.2, 0) is 11.3 Å². The lowest BCUT2D eigenvalue weighted by molar-refractivity contribution is -0.0113. The first-order valence-electron chi connectivity index (χ1n) is 9.30. The minimum absolute atomic E-state index is 0.303. The molecule has 3 aromatic rings. The average Bonchev–Trinajstić information content (AvgIpc) is 2.99. The highest BCUT2D eigenvalue weighted by molar-refractivity contribution is 5.92. The number of aliphatic hydroxyl groups is 1. The number of benzene rings is 1. The molecule has 1 aromatic carbocycles. The highest BCUT2D eigenvalue weighted by Gasteiger charge is 2.25. The molecule has 0 radical (unpaired) electrons. The summed E-state index contributed by atoms with van der Waals surface area (Å²) in [6.07, 6.45) is 1.52. The van der Waals surface area contributed by atoms with Crippen molar-refractivity contribution in [1.82, 2.24) is 20.1 Å². The molecule has 2 aromatic heterocycles. The predicted octanol–water partition coefficient (Wildman–Crippen LogP) is 2.06. The highest BCUT2D eigenvalue weighted by atomic mass is 16.5. The van der Waals surface area contributed by atoms with Crippen molar-refractivity contribution in [2.75, 3.05) is 18.5 Å². The quantitative estimate of drug-likeness (QED) is 0.642. The first-order valence-corrected chi connectivity index (χ1v) is 9.30. The van der Waals surface area contributed by atoms with Gasteiger partial charge in [-0.1, -0.05) is 30.3 Å². The molecule has 1 aliphatic rings. The topological polar surface area (TPSA) is 101 Å². The van der Waals surface area contributed by atoms with Crippen LogP contribution in [0.15, 0.2) is 42.6 Å². The van der Waals surface area contributed by atoms with Crippen LogP contribution < -0.4 is 10.6 Å². The molecule has 0 aliphatic carbocycles. The molecule has 2 amide bonds. The number of hydrogen-bond donors (Lipinski definition) is 3. The lowest BCUT2D eigenvalue weighted by atomic mass is 10.1. The number of pyridine rings is 1. The molecule has 8 heteroatoms. The van der Waals surface area contributed by atoms with Gasteiger partial charge in [-0.25, -0.2) is 14.5 Å². The second-order valence-corrected chi connectivity index (χ2v) is 6.96. The number of ether oxygens (including phenoxy) is 1. The van der Waals surface area contributed by atoms with Crippen LogP contribution in [0.4, 0.5) is 10.5 Å². The van der Waals surface area contributed by atoms with Gasteiger partial charge in [0.15, 0.2) is 5.65 Å². The van der Waals surface area contributed by atoms with Crippen molar-refractivity contribution in [3.63, 3.8) is 0 Å². The van der Waals surface area contributed by atoms with Gasteiger partial charge >= 0.3 is 6.03 Å². The van der Waals surface area contributed by atoms with Crippen LogP contribution in [0.5, 0.6) is 0 Å². The number of aromatic nitrogens is 3. The Kier molecular flexibility index (Phi) is 5.23.